The first-order chi connectivity index (χ1) is 25.0. The van der Waals surface area contributed by atoms with Gasteiger partial charge in [-0.1, -0.05) is 34.6 Å². The lowest BCUT2D eigenvalue weighted by Gasteiger charge is -2.66. The van der Waals surface area contributed by atoms with Crippen LogP contribution in [0.4, 0.5) is 0 Å². The molecule has 14 nitrogen and oxygen atoms in total. The van der Waals surface area contributed by atoms with E-state index in [1.165, 1.54) is 14.2 Å². The fourth-order valence-corrected chi connectivity index (χ4v) is 12.5. The molecule has 0 aromatic carbocycles. The van der Waals surface area contributed by atoms with Crippen molar-refractivity contribution in [2.45, 2.75) is 171 Å². The van der Waals surface area contributed by atoms with E-state index in [9.17, 15) is 40.9 Å². The van der Waals surface area contributed by atoms with Gasteiger partial charge < -0.3 is 69.3 Å². The highest BCUT2D eigenvalue weighted by atomic mass is 16.8. The molecule has 4 saturated carbocycles. The molecule has 21 atom stereocenters. The Morgan fingerprint density at radius 1 is 0.792 bits per heavy atom. The van der Waals surface area contributed by atoms with E-state index in [1.54, 1.807) is 0 Å². The van der Waals surface area contributed by atoms with Gasteiger partial charge in [-0.05, 0) is 79.4 Å². The molecule has 14 heteroatoms. The summed E-state index contributed by atoms with van der Waals surface area (Å²) in [4.78, 5) is 0. The molecule has 0 aromatic rings. The highest BCUT2D eigenvalue weighted by molar-refractivity contribution is 5.21. The van der Waals surface area contributed by atoms with E-state index in [0.29, 0.717) is 32.1 Å². The molecule has 3 unspecified atom stereocenters. The Morgan fingerprint density at radius 2 is 1.49 bits per heavy atom. The zero-order valence-corrected chi connectivity index (χ0v) is 32.6. The minimum Gasteiger partial charge on any atom is -0.394 e. The van der Waals surface area contributed by atoms with Gasteiger partial charge >= 0.3 is 0 Å². The number of hydrogen-bond acceptors (Lipinski definition) is 14. The third kappa shape index (κ3) is 7.17. The standard InChI is InChI=1S/C39H68O14/c1-18(2)24(51-36-33(30(45)25(16-40)52-36)53-35-32(49-7)31(46)26(48-6)17-50-35)9-8-19(3)20-14-22(42)34-37(20,4)13-11-27-38(5)12-10-21(41)29(44)28(38)23(43)15-39(27,34)47/h18-36,40-47H,8-17H2,1-7H3/t19-,20-,21+,22-,23+,24+,25+,26-,27?,28?,29+,30+,31+,32-,33-,34?,35+,36-,37-,38-,39+/m1/s1. The molecule has 53 heavy (non-hydrogen) atoms. The highest BCUT2D eigenvalue weighted by Gasteiger charge is 2.71. The van der Waals surface area contributed by atoms with Crippen molar-refractivity contribution < 1.29 is 69.3 Å². The van der Waals surface area contributed by atoms with E-state index in [0.717, 1.165) is 12.8 Å². The SMILES string of the molecule is CO[C@H]1[C@H](O[C@H]2[C@H](O[C@@H](CC[C@@H](C)[C@H]3C[C@@H](O)C4[C@]5(O)C[C@H](O)C6[C@@H](O)[C@@H](O)CC[C@]6(C)C5CC[C@@]43C)C(C)C)O[C@@H](CO)[C@@H]2O)OC[C@@H](OC)[C@@H]1O. The molecular weight excluding hydrogens is 692 g/mol. The van der Waals surface area contributed by atoms with Gasteiger partial charge in [-0.2, -0.15) is 0 Å². The van der Waals surface area contributed by atoms with Gasteiger partial charge in [0.2, 0.25) is 0 Å². The van der Waals surface area contributed by atoms with Crippen molar-refractivity contribution in [3.63, 3.8) is 0 Å². The van der Waals surface area contributed by atoms with E-state index >= 15 is 0 Å². The van der Waals surface area contributed by atoms with Crippen LogP contribution in [0.1, 0.15) is 86.0 Å². The maximum Gasteiger partial charge on any atom is 0.187 e. The van der Waals surface area contributed by atoms with Crippen LogP contribution in [-0.4, -0.2) is 154 Å². The van der Waals surface area contributed by atoms with Crippen LogP contribution in [0, 0.1) is 46.3 Å². The average molecular weight is 761 g/mol. The lowest BCUT2D eigenvalue weighted by molar-refractivity contribution is -0.313. The predicted octanol–water partition coefficient (Wildman–Crippen LogP) is 0.702. The summed E-state index contributed by atoms with van der Waals surface area (Å²) in [6.07, 6.45) is -7.34. The number of fused-ring (bicyclic) bond motifs is 5. The van der Waals surface area contributed by atoms with Gasteiger partial charge in [0.1, 0.15) is 36.6 Å². The molecule has 2 saturated heterocycles. The molecule has 6 aliphatic rings. The van der Waals surface area contributed by atoms with Gasteiger partial charge in [0.15, 0.2) is 12.6 Å². The molecule has 0 radical (unpaired) electrons. The van der Waals surface area contributed by atoms with Gasteiger partial charge in [0.05, 0.1) is 49.3 Å². The fraction of sp³-hybridized carbons (Fsp3) is 1.00. The predicted molar refractivity (Wildman–Crippen MR) is 189 cm³/mol. The number of aliphatic hydroxyl groups is 8. The van der Waals surface area contributed by atoms with Crippen LogP contribution < -0.4 is 0 Å². The smallest absolute Gasteiger partial charge is 0.187 e. The van der Waals surface area contributed by atoms with E-state index in [4.69, 9.17) is 28.4 Å². The number of hydrogen-bond donors (Lipinski definition) is 8. The molecule has 0 aromatic heterocycles. The van der Waals surface area contributed by atoms with E-state index in [-0.39, 0.29) is 48.2 Å². The van der Waals surface area contributed by atoms with Gasteiger partial charge in [-0.15, -0.1) is 0 Å². The molecule has 6 rings (SSSR count). The Bertz CT molecular complexity index is 1230. The first-order valence-electron chi connectivity index (χ1n) is 20.0. The Kier molecular flexibility index (Phi) is 12.7. The minimum absolute atomic E-state index is 0.0501. The van der Waals surface area contributed by atoms with Gasteiger partial charge in [0, 0.05) is 32.5 Å². The van der Waals surface area contributed by atoms with Crippen LogP contribution >= 0.6 is 0 Å². The van der Waals surface area contributed by atoms with Crippen molar-refractivity contribution >= 4 is 0 Å². The van der Waals surface area contributed by atoms with Crippen molar-refractivity contribution in [3.8, 4) is 0 Å². The molecular formula is C39H68O14. The molecule has 4 aliphatic carbocycles. The second-order valence-electron chi connectivity index (χ2n) is 18.3. The summed E-state index contributed by atoms with van der Waals surface area (Å²) in [5, 5.41) is 89.2. The van der Waals surface area contributed by atoms with Crippen LogP contribution in [0.2, 0.25) is 0 Å². The summed E-state index contributed by atoms with van der Waals surface area (Å²) in [5.74, 6) is -0.891. The van der Waals surface area contributed by atoms with E-state index in [2.05, 4.69) is 13.8 Å². The number of rotatable bonds is 12. The molecule has 8 N–H and O–H groups in total. The fourth-order valence-electron chi connectivity index (χ4n) is 12.5. The summed E-state index contributed by atoms with van der Waals surface area (Å²) in [6, 6.07) is 0. The second-order valence-corrected chi connectivity index (χ2v) is 18.3. The van der Waals surface area contributed by atoms with Crippen LogP contribution in [0.25, 0.3) is 0 Å². The van der Waals surface area contributed by atoms with Gasteiger partial charge in [0.25, 0.3) is 0 Å². The lowest BCUT2D eigenvalue weighted by atomic mass is 9.41. The van der Waals surface area contributed by atoms with Crippen LogP contribution in [0.3, 0.4) is 0 Å². The number of ether oxygens (including phenoxy) is 6. The lowest BCUT2D eigenvalue weighted by Crippen LogP contribution is -2.70. The van der Waals surface area contributed by atoms with E-state index < -0.39 is 103 Å². The number of methoxy groups -OCH3 is 2. The normalized spacial score (nSPS) is 52.5. The Balaban J connectivity index is 1.14. The third-order valence-electron chi connectivity index (χ3n) is 15.2. The van der Waals surface area contributed by atoms with Crippen molar-refractivity contribution in [1.82, 2.24) is 0 Å². The Morgan fingerprint density at radius 3 is 2.13 bits per heavy atom. The maximum absolute atomic E-state index is 12.7. The molecule has 0 spiro atoms. The van der Waals surface area contributed by atoms with Crippen LogP contribution in [0.5, 0.6) is 0 Å². The Hall–Kier alpha value is -0.560. The van der Waals surface area contributed by atoms with Gasteiger partial charge in [-0.25, -0.2) is 0 Å². The topological polar surface area (TPSA) is 217 Å². The molecule has 2 aliphatic heterocycles. The summed E-state index contributed by atoms with van der Waals surface area (Å²) in [7, 11) is 2.89. The molecule has 6 fully saturated rings. The van der Waals surface area contributed by atoms with Crippen molar-refractivity contribution in [2.24, 2.45) is 46.3 Å². The quantitative estimate of drug-likeness (QED) is 0.138. The third-order valence-corrected chi connectivity index (χ3v) is 15.2. The van der Waals surface area contributed by atoms with Gasteiger partial charge in [-0.3, -0.25) is 0 Å². The number of aliphatic hydroxyl groups excluding tert-OH is 7. The van der Waals surface area contributed by atoms with Crippen molar-refractivity contribution in [2.75, 3.05) is 27.4 Å². The van der Waals surface area contributed by atoms with Crippen molar-refractivity contribution in [3.05, 3.63) is 0 Å². The first kappa shape index (κ1) is 42.1. The minimum atomic E-state index is -1.31. The van der Waals surface area contributed by atoms with Crippen LogP contribution in [-0.2, 0) is 28.4 Å². The summed E-state index contributed by atoms with van der Waals surface area (Å²) >= 11 is 0. The molecule has 2 heterocycles. The van der Waals surface area contributed by atoms with E-state index in [1.807, 2.05) is 20.8 Å². The summed E-state index contributed by atoms with van der Waals surface area (Å²) in [6.45, 7) is 10.1. The van der Waals surface area contributed by atoms with Crippen molar-refractivity contribution in [1.29, 1.82) is 0 Å². The monoisotopic (exact) mass is 760 g/mol. The maximum atomic E-state index is 12.7. The zero-order chi connectivity index (χ0) is 38.8. The summed E-state index contributed by atoms with van der Waals surface area (Å²) in [5.41, 5.74) is -2.26. The molecule has 0 amide bonds. The Labute approximate surface area is 314 Å². The average Bonchev–Trinajstić information content (AvgIpc) is 3.55. The first-order valence-corrected chi connectivity index (χ1v) is 20.0. The van der Waals surface area contributed by atoms with Crippen LogP contribution in [0.15, 0.2) is 0 Å². The highest BCUT2D eigenvalue weighted by Crippen LogP contribution is 2.70. The zero-order valence-electron chi connectivity index (χ0n) is 32.6. The second kappa shape index (κ2) is 16.0. The summed E-state index contributed by atoms with van der Waals surface area (Å²) < 4.78 is 35.4. The molecule has 0 bridgehead atoms. The largest absolute Gasteiger partial charge is 0.394 e. The molecule has 308 valence electrons.